The molecule has 0 aliphatic carbocycles. The van der Waals surface area contributed by atoms with E-state index in [4.69, 9.17) is 5.73 Å². The number of nitrogen functional groups attached to an aromatic ring is 1. The monoisotopic (exact) mass is 324 g/mol. The van der Waals surface area contributed by atoms with Crippen molar-refractivity contribution in [3.63, 3.8) is 0 Å². The summed E-state index contributed by atoms with van der Waals surface area (Å²) in [6, 6.07) is 7.75. The first-order chi connectivity index (χ1) is 8.58. The van der Waals surface area contributed by atoms with E-state index in [1.165, 1.54) is 11.8 Å². The van der Waals surface area contributed by atoms with E-state index in [0.29, 0.717) is 16.8 Å². The molecule has 0 saturated heterocycles. The molecule has 0 unspecified atom stereocenters. The number of hydrogen-bond donors (Lipinski definition) is 2. The Morgan fingerprint density at radius 3 is 2.72 bits per heavy atom. The van der Waals surface area contributed by atoms with Crippen molar-refractivity contribution in [3.8, 4) is 0 Å². The third-order valence-electron chi connectivity index (χ3n) is 2.36. The number of rotatable bonds is 3. The lowest BCUT2D eigenvalue weighted by Gasteiger charge is -2.10. The van der Waals surface area contributed by atoms with Gasteiger partial charge in [-0.3, -0.25) is 0 Å². The average Bonchev–Trinajstić information content (AvgIpc) is 2.32. The van der Waals surface area contributed by atoms with Gasteiger partial charge in [-0.2, -0.15) is 0 Å². The van der Waals surface area contributed by atoms with Crippen molar-refractivity contribution in [2.45, 2.75) is 12.1 Å². The van der Waals surface area contributed by atoms with E-state index in [1.807, 2.05) is 31.4 Å². The first-order valence-electron chi connectivity index (χ1n) is 5.30. The molecule has 2 rings (SSSR count). The summed E-state index contributed by atoms with van der Waals surface area (Å²) in [6.07, 6.45) is 1.92. The van der Waals surface area contributed by atoms with Crippen molar-refractivity contribution in [1.82, 2.24) is 9.97 Å². The maximum absolute atomic E-state index is 5.74. The first-order valence-corrected chi connectivity index (χ1v) is 7.32. The smallest absolute Gasteiger partial charge is 0.191 e. The molecule has 0 aliphatic rings. The minimum absolute atomic E-state index is 0.464. The molecule has 94 valence electrons. The summed E-state index contributed by atoms with van der Waals surface area (Å²) >= 11 is 4.90. The first kappa shape index (κ1) is 13.2. The van der Waals surface area contributed by atoms with Gasteiger partial charge in [0.1, 0.15) is 11.6 Å². The number of nitrogens with zero attached hydrogens (tertiary/aromatic N) is 2. The number of aromatic nitrogens is 2. The van der Waals surface area contributed by atoms with Gasteiger partial charge in [0.2, 0.25) is 0 Å². The molecule has 0 amide bonds. The predicted octanol–water partition coefficient (Wildman–Crippen LogP) is 3.60. The molecular weight excluding hydrogens is 312 g/mol. The highest BCUT2D eigenvalue weighted by molar-refractivity contribution is 9.10. The van der Waals surface area contributed by atoms with Gasteiger partial charge in [-0.15, -0.1) is 0 Å². The molecule has 2 aromatic rings. The normalized spacial score (nSPS) is 10.4. The summed E-state index contributed by atoms with van der Waals surface area (Å²) < 4.78 is 1.05. The van der Waals surface area contributed by atoms with Crippen LogP contribution < -0.4 is 11.1 Å². The molecule has 0 bridgehead atoms. The maximum Gasteiger partial charge on any atom is 0.191 e. The third kappa shape index (κ3) is 3.14. The number of aryl methyl sites for hydroxylation is 1. The van der Waals surface area contributed by atoms with E-state index in [2.05, 4.69) is 31.2 Å². The molecule has 0 radical (unpaired) electrons. The van der Waals surface area contributed by atoms with Gasteiger partial charge in [0, 0.05) is 16.2 Å². The van der Waals surface area contributed by atoms with E-state index < -0.39 is 0 Å². The molecule has 1 heterocycles. The third-order valence-corrected chi connectivity index (χ3v) is 3.40. The van der Waals surface area contributed by atoms with E-state index in [9.17, 15) is 0 Å². The minimum atomic E-state index is 0.464. The quantitative estimate of drug-likeness (QED) is 0.667. The van der Waals surface area contributed by atoms with Crippen LogP contribution in [0, 0.1) is 6.92 Å². The van der Waals surface area contributed by atoms with E-state index in [-0.39, 0.29) is 0 Å². The second-order valence-electron chi connectivity index (χ2n) is 3.75. The molecule has 0 fully saturated rings. The van der Waals surface area contributed by atoms with Crippen molar-refractivity contribution >= 4 is 45.0 Å². The Morgan fingerprint density at radius 2 is 2.06 bits per heavy atom. The van der Waals surface area contributed by atoms with Crippen LogP contribution in [-0.2, 0) is 0 Å². The second kappa shape index (κ2) is 5.58. The van der Waals surface area contributed by atoms with E-state index in [0.717, 1.165) is 15.7 Å². The highest BCUT2D eigenvalue weighted by atomic mass is 79.9. The molecule has 3 N–H and O–H groups in total. The summed E-state index contributed by atoms with van der Waals surface area (Å²) in [5.41, 5.74) is 7.87. The van der Waals surface area contributed by atoms with Crippen molar-refractivity contribution in [3.05, 3.63) is 34.3 Å². The van der Waals surface area contributed by atoms with Crippen LogP contribution in [0.2, 0.25) is 0 Å². The van der Waals surface area contributed by atoms with Crippen molar-refractivity contribution in [2.75, 3.05) is 17.3 Å². The Balaban J connectivity index is 2.30. The fourth-order valence-electron chi connectivity index (χ4n) is 1.50. The largest absolute Gasteiger partial charge is 0.383 e. The van der Waals surface area contributed by atoms with Crippen LogP contribution in [0.25, 0.3) is 0 Å². The standard InChI is InChI=1S/C12H13BrN4S/c1-7-5-8(13)3-4-9(7)15-11-6-10(14)16-12(17-11)18-2/h3-6H,1-2H3,(H3,14,15,16,17). The van der Waals surface area contributed by atoms with Gasteiger partial charge in [-0.1, -0.05) is 27.7 Å². The van der Waals surface area contributed by atoms with Crippen LogP contribution >= 0.6 is 27.7 Å². The lowest BCUT2D eigenvalue weighted by molar-refractivity contribution is 0.984. The van der Waals surface area contributed by atoms with Crippen molar-refractivity contribution < 1.29 is 0 Å². The lowest BCUT2D eigenvalue weighted by atomic mass is 10.2. The zero-order valence-corrected chi connectivity index (χ0v) is 12.5. The fourth-order valence-corrected chi connectivity index (χ4v) is 2.37. The summed E-state index contributed by atoms with van der Waals surface area (Å²) in [4.78, 5) is 8.47. The van der Waals surface area contributed by atoms with Gasteiger partial charge in [-0.25, -0.2) is 9.97 Å². The number of anilines is 3. The molecule has 0 aliphatic heterocycles. The lowest BCUT2D eigenvalue weighted by Crippen LogP contribution is -2.01. The number of halogens is 1. The number of thioether (sulfide) groups is 1. The summed E-state index contributed by atoms with van der Waals surface area (Å²) in [7, 11) is 0. The molecule has 4 nitrogen and oxygen atoms in total. The van der Waals surface area contributed by atoms with Gasteiger partial charge in [0.25, 0.3) is 0 Å². The van der Waals surface area contributed by atoms with Crippen LogP contribution in [-0.4, -0.2) is 16.2 Å². The minimum Gasteiger partial charge on any atom is -0.383 e. The number of nitrogens with two attached hydrogens (primary N) is 1. The fraction of sp³-hybridized carbons (Fsp3) is 0.167. The zero-order valence-electron chi connectivity index (χ0n) is 10.1. The summed E-state index contributed by atoms with van der Waals surface area (Å²) in [6.45, 7) is 2.03. The molecule has 1 aromatic carbocycles. The van der Waals surface area contributed by atoms with Gasteiger partial charge >= 0.3 is 0 Å². The maximum atomic E-state index is 5.74. The summed E-state index contributed by atoms with van der Waals surface area (Å²) in [5.74, 6) is 1.17. The summed E-state index contributed by atoms with van der Waals surface area (Å²) in [5, 5.41) is 3.91. The number of hydrogen-bond acceptors (Lipinski definition) is 5. The van der Waals surface area contributed by atoms with Crippen LogP contribution in [0.5, 0.6) is 0 Å². The van der Waals surface area contributed by atoms with E-state index >= 15 is 0 Å². The predicted molar refractivity (Wildman–Crippen MR) is 80.4 cm³/mol. The Kier molecular flexibility index (Phi) is 4.08. The van der Waals surface area contributed by atoms with Crippen molar-refractivity contribution in [2.24, 2.45) is 0 Å². The van der Waals surface area contributed by atoms with Crippen LogP contribution in [0.3, 0.4) is 0 Å². The molecule has 18 heavy (non-hydrogen) atoms. The highest BCUT2D eigenvalue weighted by Gasteiger charge is 2.04. The Morgan fingerprint density at radius 1 is 1.28 bits per heavy atom. The average molecular weight is 325 g/mol. The Hall–Kier alpha value is -1.27. The highest BCUT2D eigenvalue weighted by Crippen LogP contribution is 2.24. The van der Waals surface area contributed by atoms with Gasteiger partial charge in [0.15, 0.2) is 5.16 Å². The molecule has 0 saturated carbocycles. The molecule has 0 spiro atoms. The van der Waals surface area contributed by atoms with Gasteiger partial charge < -0.3 is 11.1 Å². The van der Waals surface area contributed by atoms with Gasteiger partial charge in [-0.05, 0) is 36.9 Å². The molecule has 1 aromatic heterocycles. The zero-order chi connectivity index (χ0) is 13.1. The van der Waals surface area contributed by atoms with Gasteiger partial charge in [0.05, 0.1) is 0 Å². The topological polar surface area (TPSA) is 63.8 Å². The Labute approximate surface area is 119 Å². The molecule has 6 heteroatoms. The van der Waals surface area contributed by atoms with Crippen molar-refractivity contribution in [1.29, 1.82) is 0 Å². The molecule has 0 atom stereocenters. The van der Waals surface area contributed by atoms with Crippen LogP contribution in [0.4, 0.5) is 17.3 Å². The second-order valence-corrected chi connectivity index (χ2v) is 5.44. The Bertz CT molecular complexity index is 574. The number of nitrogens with one attached hydrogen (secondary N) is 1. The van der Waals surface area contributed by atoms with E-state index in [1.54, 1.807) is 6.07 Å². The number of benzene rings is 1. The SMILES string of the molecule is CSc1nc(N)cc(Nc2ccc(Br)cc2C)n1. The van der Waals surface area contributed by atoms with Crippen LogP contribution in [0.15, 0.2) is 33.9 Å². The molecular formula is C12H13BrN4S. The van der Waals surface area contributed by atoms with Crippen LogP contribution in [0.1, 0.15) is 5.56 Å².